The van der Waals surface area contributed by atoms with E-state index in [9.17, 15) is 18.0 Å². The summed E-state index contributed by atoms with van der Waals surface area (Å²) < 4.78 is 25.1. The van der Waals surface area contributed by atoms with Crippen LogP contribution in [0.15, 0.2) is 60.8 Å². The summed E-state index contributed by atoms with van der Waals surface area (Å²) in [6.07, 6.45) is 2.53. The lowest BCUT2D eigenvalue weighted by Crippen LogP contribution is -2.23. The van der Waals surface area contributed by atoms with Crippen molar-refractivity contribution in [2.45, 2.75) is 13.5 Å². The molecule has 4 N–H and O–H groups in total. The van der Waals surface area contributed by atoms with E-state index in [2.05, 4.69) is 15.0 Å². The topological polar surface area (TPSA) is 131 Å². The molecule has 2 aromatic carbocycles. The number of anilines is 1. The standard InChI is InChI=1S/C22H22N4O4S/c1-14-6-7-16(21(23)27)11-19(14)20-9-8-17(13-24-20)22(28)25-12-15-4-3-5-18(10-15)26-31(2,29)30/h3-11,13,26H,12H2,1-2H3,(H2,23,27)(H,25,28). The molecule has 8 nitrogen and oxygen atoms in total. The van der Waals surface area contributed by atoms with Crippen LogP contribution in [0.2, 0.25) is 0 Å². The predicted octanol–water partition coefficient (Wildman–Crippen LogP) is 2.46. The van der Waals surface area contributed by atoms with Crippen LogP contribution in [0.1, 0.15) is 31.8 Å². The van der Waals surface area contributed by atoms with Gasteiger partial charge in [-0.15, -0.1) is 0 Å². The van der Waals surface area contributed by atoms with Gasteiger partial charge in [0.2, 0.25) is 15.9 Å². The Morgan fingerprint density at radius 3 is 2.42 bits per heavy atom. The zero-order chi connectivity index (χ0) is 22.6. The predicted molar refractivity (Wildman–Crippen MR) is 119 cm³/mol. The Morgan fingerprint density at radius 1 is 1.03 bits per heavy atom. The lowest BCUT2D eigenvalue weighted by atomic mass is 10.0. The van der Waals surface area contributed by atoms with Crippen LogP contribution in [0.25, 0.3) is 11.3 Å². The first-order valence-electron chi connectivity index (χ1n) is 9.34. The second kappa shape index (κ2) is 8.97. The van der Waals surface area contributed by atoms with Gasteiger partial charge in [0.1, 0.15) is 0 Å². The van der Waals surface area contributed by atoms with Gasteiger partial charge < -0.3 is 11.1 Å². The molecule has 0 fully saturated rings. The molecule has 0 saturated heterocycles. The second-order valence-corrected chi connectivity index (χ2v) is 8.83. The van der Waals surface area contributed by atoms with Crippen molar-refractivity contribution in [3.63, 3.8) is 0 Å². The Labute approximate surface area is 180 Å². The zero-order valence-electron chi connectivity index (χ0n) is 17.0. The molecule has 1 aromatic heterocycles. The molecule has 1 heterocycles. The molecule has 0 saturated carbocycles. The van der Waals surface area contributed by atoms with Gasteiger partial charge in [0.15, 0.2) is 0 Å². The number of hydrogen-bond donors (Lipinski definition) is 3. The van der Waals surface area contributed by atoms with Crippen LogP contribution in [0, 0.1) is 6.92 Å². The number of carbonyl (C=O) groups excluding carboxylic acids is 2. The highest BCUT2D eigenvalue weighted by molar-refractivity contribution is 7.92. The molecule has 2 amide bonds. The van der Waals surface area contributed by atoms with E-state index in [0.717, 1.165) is 22.9 Å². The van der Waals surface area contributed by atoms with Crippen LogP contribution in [-0.4, -0.2) is 31.5 Å². The molecule has 0 aliphatic heterocycles. The first kappa shape index (κ1) is 22.0. The first-order chi connectivity index (χ1) is 14.6. The van der Waals surface area contributed by atoms with Crippen molar-refractivity contribution in [2.75, 3.05) is 11.0 Å². The largest absolute Gasteiger partial charge is 0.366 e. The van der Waals surface area contributed by atoms with Crippen molar-refractivity contribution in [3.05, 3.63) is 83.0 Å². The number of benzene rings is 2. The SMILES string of the molecule is Cc1ccc(C(N)=O)cc1-c1ccc(C(=O)NCc2cccc(NS(C)(=O)=O)c2)cn1. The number of aromatic nitrogens is 1. The molecule has 3 rings (SSSR count). The molecule has 0 atom stereocenters. The van der Waals surface area contributed by atoms with Crippen molar-refractivity contribution in [3.8, 4) is 11.3 Å². The number of nitrogens with two attached hydrogens (primary N) is 1. The minimum absolute atomic E-state index is 0.222. The fraction of sp³-hybridized carbons (Fsp3) is 0.136. The van der Waals surface area contributed by atoms with Crippen molar-refractivity contribution < 1.29 is 18.0 Å². The number of nitrogens with zero attached hydrogens (tertiary/aromatic N) is 1. The normalized spacial score (nSPS) is 11.0. The summed E-state index contributed by atoms with van der Waals surface area (Å²) in [6.45, 7) is 2.12. The summed E-state index contributed by atoms with van der Waals surface area (Å²) >= 11 is 0. The van der Waals surface area contributed by atoms with Crippen LogP contribution in [0.5, 0.6) is 0 Å². The lowest BCUT2D eigenvalue weighted by molar-refractivity contribution is 0.0949. The van der Waals surface area contributed by atoms with Crippen molar-refractivity contribution in [1.29, 1.82) is 0 Å². The molecule has 0 aliphatic rings. The van der Waals surface area contributed by atoms with Crippen LogP contribution >= 0.6 is 0 Å². The number of carbonyl (C=O) groups is 2. The number of aryl methyl sites for hydroxylation is 1. The van der Waals surface area contributed by atoms with E-state index >= 15 is 0 Å². The fourth-order valence-corrected chi connectivity index (χ4v) is 3.54. The third-order valence-corrected chi connectivity index (χ3v) is 5.11. The van der Waals surface area contributed by atoms with Gasteiger partial charge >= 0.3 is 0 Å². The molecule has 0 radical (unpaired) electrons. The molecule has 0 spiro atoms. The van der Waals surface area contributed by atoms with Crippen LogP contribution in [-0.2, 0) is 16.6 Å². The van der Waals surface area contributed by atoms with Gasteiger partial charge in [-0.05, 0) is 54.4 Å². The van der Waals surface area contributed by atoms with Crippen molar-refractivity contribution >= 4 is 27.5 Å². The maximum absolute atomic E-state index is 12.5. The summed E-state index contributed by atoms with van der Waals surface area (Å²) in [4.78, 5) is 28.2. The van der Waals surface area contributed by atoms with Gasteiger partial charge in [-0.3, -0.25) is 19.3 Å². The molecule has 9 heteroatoms. The van der Waals surface area contributed by atoms with E-state index in [1.165, 1.54) is 6.20 Å². The zero-order valence-corrected chi connectivity index (χ0v) is 17.9. The van der Waals surface area contributed by atoms with Gasteiger partial charge in [0.05, 0.1) is 17.5 Å². The molecule has 160 valence electrons. The maximum Gasteiger partial charge on any atom is 0.253 e. The monoisotopic (exact) mass is 438 g/mol. The van der Waals surface area contributed by atoms with Gasteiger partial charge in [-0.1, -0.05) is 18.2 Å². The number of hydrogen-bond acceptors (Lipinski definition) is 5. The molecule has 31 heavy (non-hydrogen) atoms. The Bertz CT molecular complexity index is 1240. The minimum Gasteiger partial charge on any atom is -0.366 e. The van der Waals surface area contributed by atoms with E-state index in [1.807, 2.05) is 6.92 Å². The lowest BCUT2D eigenvalue weighted by Gasteiger charge is -2.10. The minimum atomic E-state index is -3.38. The van der Waals surface area contributed by atoms with E-state index in [4.69, 9.17) is 5.73 Å². The van der Waals surface area contributed by atoms with Gasteiger partial charge in [0.25, 0.3) is 5.91 Å². The molecule has 0 bridgehead atoms. The Morgan fingerprint density at radius 2 is 1.77 bits per heavy atom. The van der Waals surface area contributed by atoms with Crippen molar-refractivity contribution in [2.24, 2.45) is 5.73 Å². The Balaban J connectivity index is 1.70. The van der Waals surface area contributed by atoms with Crippen LogP contribution in [0.4, 0.5) is 5.69 Å². The average molecular weight is 439 g/mol. The van der Waals surface area contributed by atoms with Crippen LogP contribution in [0.3, 0.4) is 0 Å². The van der Waals surface area contributed by atoms with E-state index < -0.39 is 15.9 Å². The Hall–Kier alpha value is -3.72. The third kappa shape index (κ3) is 5.89. The first-order valence-corrected chi connectivity index (χ1v) is 11.2. The fourth-order valence-electron chi connectivity index (χ4n) is 2.98. The maximum atomic E-state index is 12.5. The highest BCUT2D eigenvalue weighted by atomic mass is 32.2. The molecular formula is C22H22N4O4S. The highest BCUT2D eigenvalue weighted by Gasteiger charge is 2.11. The smallest absolute Gasteiger partial charge is 0.253 e. The molecule has 0 unspecified atom stereocenters. The second-order valence-electron chi connectivity index (χ2n) is 7.08. The molecular weight excluding hydrogens is 416 g/mol. The number of rotatable bonds is 7. The Kier molecular flexibility index (Phi) is 6.36. The summed E-state index contributed by atoms with van der Waals surface area (Å²) in [5, 5.41) is 2.78. The molecule has 3 aromatic rings. The summed E-state index contributed by atoms with van der Waals surface area (Å²) in [5.41, 5.74) is 9.59. The number of sulfonamides is 1. The third-order valence-electron chi connectivity index (χ3n) is 4.51. The summed E-state index contributed by atoms with van der Waals surface area (Å²) in [7, 11) is -3.38. The van der Waals surface area contributed by atoms with Gasteiger partial charge in [-0.25, -0.2) is 8.42 Å². The number of amides is 2. The highest BCUT2D eigenvalue weighted by Crippen LogP contribution is 2.23. The molecule has 0 aliphatic carbocycles. The summed E-state index contributed by atoms with van der Waals surface area (Å²) in [6, 6.07) is 15.2. The van der Waals surface area contributed by atoms with Gasteiger partial charge in [0, 0.05) is 29.6 Å². The number of nitrogens with one attached hydrogen (secondary N) is 2. The van der Waals surface area contributed by atoms with Gasteiger partial charge in [-0.2, -0.15) is 0 Å². The summed E-state index contributed by atoms with van der Waals surface area (Å²) in [5.74, 6) is -0.837. The number of primary amides is 1. The van der Waals surface area contributed by atoms with E-state index in [1.54, 1.807) is 54.6 Å². The quantitative estimate of drug-likeness (QED) is 0.521. The average Bonchev–Trinajstić information content (AvgIpc) is 2.71. The van der Waals surface area contributed by atoms with E-state index in [0.29, 0.717) is 22.5 Å². The van der Waals surface area contributed by atoms with E-state index in [-0.39, 0.29) is 12.5 Å². The van der Waals surface area contributed by atoms with Crippen molar-refractivity contribution in [1.82, 2.24) is 10.3 Å². The van der Waals surface area contributed by atoms with Crippen LogP contribution < -0.4 is 15.8 Å². The number of pyridine rings is 1.